The van der Waals surface area contributed by atoms with Crippen LogP contribution < -0.4 is 9.62 Å². The van der Waals surface area contributed by atoms with Crippen molar-refractivity contribution in [3.63, 3.8) is 0 Å². The van der Waals surface area contributed by atoms with E-state index in [0.29, 0.717) is 0 Å². The van der Waals surface area contributed by atoms with Crippen LogP contribution in [0.2, 0.25) is 0 Å². The standard InChI is InChI=1S/C26H34FN3O4S/c1-19-8-7-9-21(16-19)17-29(20(2)26(32)28-23-10-5-4-6-11-23)25(31)18-30(35(3,33)34)24-14-12-22(27)13-15-24/h7-9,12-16,20,23H,4-6,10-11,17-18H2,1-3H3,(H,28,32). The van der Waals surface area contributed by atoms with E-state index in [1.165, 1.54) is 17.0 Å². The molecule has 1 aliphatic rings. The maximum Gasteiger partial charge on any atom is 0.244 e. The maximum absolute atomic E-state index is 13.5. The van der Waals surface area contributed by atoms with Crippen LogP contribution in [0.3, 0.4) is 0 Å². The van der Waals surface area contributed by atoms with E-state index in [4.69, 9.17) is 0 Å². The molecule has 1 N–H and O–H groups in total. The van der Waals surface area contributed by atoms with E-state index in [2.05, 4.69) is 5.32 Å². The molecule has 3 rings (SSSR count). The van der Waals surface area contributed by atoms with Crippen molar-refractivity contribution in [3.8, 4) is 0 Å². The van der Waals surface area contributed by atoms with Crippen molar-refractivity contribution in [2.24, 2.45) is 0 Å². The van der Waals surface area contributed by atoms with Gasteiger partial charge in [0.1, 0.15) is 18.4 Å². The molecule has 0 bridgehead atoms. The van der Waals surface area contributed by atoms with E-state index in [0.717, 1.165) is 65.9 Å². The van der Waals surface area contributed by atoms with Gasteiger partial charge in [-0.1, -0.05) is 49.1 Å². The number of carbonyl (C=O) groups excluding carboxylic acids is 2. The van der Waals surface area contributed by atoms with Crippen molar-refractivity contribution in [2.45, 2.75) is 64.6 Å². The predicted molar refractivity (Wildman–Crippen MR) is 135 cm³/mol. The molecule has 1 saturated carbocycles. The normalized spacial score (nSPS) is 15.3. The monoisotopic (exact) mass is 503 g/mol. The van der Waals surface area contributed by atoms with Crippen LogP contribution in [0.15, 0.2) is 48.5 Å². The largest absolute Gasteiger partial charge is 0.352 e. The number of hydrogen-bond acceptors (Lipinski definition) is 4. The number of sulfonamides is 1. The second-order valence-electron chi connectivity index (χ2n) is 9.28. The molecule has 35 heavy (non-hydrogen) atoms. The third kappa shape index (κ3) is 7.52. The molecule has 0 radical (unpaired) electrons. The Balaban J connectivity index is 1.86. The van der Waals surface area contributed by atoms with Gasteiger partial charge in [-0.3, -0.25) is 13.9 Å². The molecule has 0 saturated heterocycles. The molecule has 0 spiro atoms. The number of nitrogens with zero attached hydrogens (tertiary/aromatic N) is 2. The van der Waals surface area contributed by atoms with Crippen LogP contribution in [0.1, 0.15) is 50.2 Å². The van der Waals surface area contributed by atoms with Crippen LogP contribution in [0, 0.1) is 12.7 Å². The smallest absolute Gasteiger partial charge is 0.244 e. The summed E-state index contributed by atoms with van der Waals surface area (Å²) in [4.78, 5) is 28.1. The minimum atomic E-state index is -3.84. The summed E-state index contributed by atoms with van der Waals surface area (Å²) in [5.41, 5.74) is 2.03. The molecule has 1 fully saturated rings. The first kappa shape index (κ1) is 26.7. The summed E-state index contributed by atoms with van der Waals surface area (Å²) in [7, 11) is -3.84. The molecule has 2 aromatic rings. The second kappa shape index (κ2) is 11.7. The van der Waals surface area contributed by atoms with Gasteiger partial charge >= 0.3 is 0 Å². The molecule has 7 nitrogen and oxygen atoms in total. The van der Waals surface area contributed by atoms with Crippen LogP contribution in [-0.2, 0) is 26.2 Å². The number of anilines is 1. The van der Waals surface area contributed by atoms with Crippen molar-refractivity contribution < 1.29 is 22.4 Å². The fraction of sp³-hybridized carbons (Fsp3) is 0.462. The van der Waals surface area contributed by atoms with Crippen molar-refractivity contribution in [1.29, 1.82) is 0 Å². The SMILES string of the molecule is Cc1cccc(CN(C(=O)CN(c2ccc(F)cc2)S(C)(=O)=O)C(C)C(=O)NC2CCCCC2)c1. The maximum atomic E-state index is 13.5. The van der Waals surface area contributed by atoms with Gasteiger partial charge in [-0.25, -0.2) is 12.8 Å². The summed E-state index contributed by atoms with van der Waals surface area (Å²) in [6.07, 6.45) is 6.10. The third-order valence-electron chi connectivity index (χ3n) is 6.35. The summed E-state index contributed by atoms with van der Waals surface area (Å²) >= 11 is 0. The summed E-state index contributed by atoms with van der Waals surface area (Å²) in [5.74, 6) is -1.29. The van der Waals surface area contributed by atoms with Crippen molar-refractivity contribution in [3.05, 3.63) is 65.5 Å². The molecule has 0 heterocycles. The molecule has 2 amide bonds. The second-order valence-corrected chi connectivity index (χ2v) is 11.2. The Morgan fingerprint density at radius 3 is 2.34 bits per heavy atom. The average Bonchev–Trinajstić information content (AvgIpc) is 2.81. The average molecular weight is 504 g/mol. The van der Waals surface area contributed by atoms with Gasteiger partial charge in [-0.2, -0.15) is 0 Å². The van der Waals surface area contributed by atoms with Crippen molar-refractivity contribution >= 4 is 27.5 Å². The molecule has 190 valence electrons. The van der Waals surface area contributed by atoms with Gasteiger partial charge in [0.2, 0.25) is 21.8 Å². The van der Waals surface area contributed by atoms with Gasteiger partial charge < -0.3 is 10.2 Å². The molecular formula is C26H34FN3O4S. The molecule has 0 aliphatic heterocycles. The van der Waals surface area contributed by atoms with Crippen LogP contribution in [-0.4, -0.2) is 50.0 Å². The van der Waals surface area contributed by atoms with Crippen LogP contribution in [0.4, 0.5) is 10.1 Å². The number of nitrogens with one attached hydrogen (secondary N) is 1. The number of hydrogen-bond donors (Lipinski definition) is 1. The number of aryl methyl sites for hydroxylation is 1. The Morgan fingerprint density at radius 2 is 1.74 bits per heavy atom. The number of carbonyl (C=O) groups is 2. The zero-order valence-corrected chi connectivity index (χ0v) is 21.4. The van der Waals surface area contributed by atoms with Crippen molar-refractivity contribution in [1.82, 2.24) is 10.2 Å². The lowest BCUT2D eigenvalue weighted by atomic mass is 9.95. The summed E-state index contributed by atoms with van der Waals surface area (Å²) in [6.45, 7) is 3.25. The predicted octanol–water partition coefficient (Wildman–Crippen LogP) is 3.77. The molecule has 1 aliphatic carbocycles. The zero-order chi connectivity index (χ0) is 25.6. The molecule has 1 atom stereocenters. The highest BCUT2D eigenvalue weighted by atomic mass is 32.2. The van der Waals surface area contributed by atoms with E-state index >= 15 is 0 Å². The van der Waals surface area contributed by atoms with E-state index in [1.54, 1.807) is 6.92 Å². The van der Waals surface area contributed by atoms with E-state index in [1.807, 2.05) is 31.2 Å². The Labute approximate surface area is 207 Å². The summed E-state index contributed by atoms with van der Waals surface area (Å²) in [5, 5.41) is 3.07. The minimum Gasteiger partial charge on any atom is -0.352 e. The fourth-order valence-corrected chi connectivity index (χ4v) is 5.23. The molecule has 2 aromatic carbocycles. The molecular weight excluding hydrogens is 469 g/mol. The fourth-order valence-electron chi connectivity index (χ4n) is 4.38. The van der Waals surface area contributed by atoms with E-state index < -0.39 is 34.3 Å². The molecule has 1 unspecified atom stereocenters. The highest BCUT2D eigenvalue weighted by molar-refractivity contribution is 7.92. The van der Waals surface area contributed by atoms with Crippen LogP contribution in [0.5, 0.6) is 0 Å². The van der Waals surface area contributed by atoms with Gasteiger partial charge in [0.05, 0.1) is 11.9 Å². The summed E-state index contributed by atoms with van der Waals surface area (Å²) in [6, 6.07) is 11.8. The Morgan fingerprint density at radius 1 is 1.09 bits per heavy atom. The highest BCUT2D eigenvalue weighted by Gasteiger charge is 2.31. The Hall–Kier alpha value is -2.94. The first-order valence-electron chi connectivity index (χ1n) is 11.9. The van der Waals surface area contributed by atoms with Crippen LogP contribution >= 0.6 is 0 Å². The van der Waals surface area contributed by atoms with Crippen molar-refractivity contribution in [2.75, 3.05) is 17.1 Å². The Bertz CT molecular complexity index is 1130. The number of rotatable bonds is 9. The minimum absolute atomic E-state index is 0.0846. The van der Waals surface area contributed by atoms with Crippen LogP contribution in [0.25, 0.3) is 0 Å². The van der Waals surface area contributed by atoms with Gasteiger partial charge in [0.25, 0.3) is 0 Å². The van der Waals surface area contributed by atoms with Gasteiger partial charge in [-0.05, 0) is 56.5 Å². The van der Waals surface area contributed by atoms with Gasteiger partial charge in [-0.15, -0.1) is 0 Å². The van der Waals surface area contributed by atoms with Gasteiger partial charge in [0.15, 0.2) is 0 Å². The van der Waals surface area contributed by atoms with E-state index in [-0.39, 0.29) is 24.2 Å². The highest BCUT2D eigenvalue weighted by Crippen LogP contribution is 2.21. The van der Waals surface area contributed by atoms with E-state index in [9.17, 15) is 22.4 Å². The lowest BCUT2D eigenvalue weighted by Crippen LogP contribution is -2.52. The first-order chi connectivity index (χ1) is 16.5. The quantitative estimate of drug-likeness (QED) is 0.565. The molecule has 9 heteroatoms. The number of benzene rings is 2. The zero-order valence-electron chi connectivity index (χ0n) is 20.5. The van der Waals surface area contributed by atoms with Gasteiger partial charge in [0, 0.05) is 12.6 Å². The molecule has 0 aromatic heterocycles. The lowest BCUT2D eigenvalue weighted by molar-refractivity contribution is -0.139. The number of amides is 2. The topological polar surface area (TPSA) is 86.8 Å². The first-order valence-corrected chi connectivity index (χ1v) is 13.8. The summed E-state index contributed by atoms with van der Waals surface area (Å²) < 4.78 is 39.4. The Kier molecular flexibility index (Phi) is 8.88. The number of halogens is 1. The lowest BCUT2D eigenvalue weighted by Gasteiger charge is -2.33. The third-order valence-corrected chi connectivity index (χ3v) is 7.49.